The molecule has 7 heteroatoms. The number of amides is 1. The first-order valence-electron chi connectivity index (χ1n) is 8.10. The smallest absolute Gasteiger partial charge is 0.220 e. The lowest BCUT2D eigenvalue weighted by Gasteiger charge is -2.14. The molecule has 0 spiro atoms. The number of nitrogens with one attached hydrogen (secondary N) is 2. The van der Waals surface area contributed by atoms with Crippen molar-refractivity contribution in [2.24, 2.45) is 5.92 Å². The summed E-state index contributed by atoms with van der Waals surface area (Å²) in [6, 6.07) is 3.65. The van der Waals surface area contributed by atoms with Crippen molar-refractivity contribution < 1.29 is 14.3 Å². The fourth-order valence-corrected chi connectivity index (χ4v) is 3.03. The molecule has 1 aromatic carbocycles. The van der Waals surface area contributed by atoms with Gasteiger partial charge in [-0.3, -0.25) is 4.79 Å². The van der Waals surface area contributed by atoms with Gasteiger partial charge in [-0.25, -0.2) is 0 Å². The van der Waals surface area contributed by atoms with Gasteiger partial charge in [0, 0.05) is 13.0 Å². The number of ether oxygens (including phenoxy) is 2. The van der Waals surface area contributed by atoms with Gasteiger partial charge in [-0.2, -0.15) is 0 Å². The van der Waals surface area contributed by atoms with Gasteiger partial charge in [0.15, 0.2) is 11.5 Å². The molecule has 136 valence electrons. The highest BCUT2D eigenvalue weighted by molar-refractivity contribution is 6.32. The van der Waals surface area contributed by atoms with Crippen LogP contribution in [0.25, 0.3) is 0 Å². The fourth-order valence-electron chi connectivity index (χ4n) is 2.74. The van der Waals surface area contributed by atoms with Crippen molar-refractivity contribution in [1.82, 2.24) is 10.6 Å². The minimum Gasteiger partial charge on any atom is -0.493 e. The van der Waals surface area contributed by atoms with Crippen molar-refractivity contribution in [3.8, 4) is 11.5 Å². The van der Waals surface area contributed by atoms with E-state index in [0.29, 0.717) is 42.0 Å². The van der Waals surface area contributed by atoms with E-state index in [1.807, 2.05) is 13.0 Å². The van der Waals surface area contributed by atoms with E-state index >= 15 is 0 Å². The van der Waals surface area contributed by atoms with Crippen LogP contribution in [-0.2, 0) is 11.3 Å². The van der Waals surface area contributed by atoms with Crippen LogP contribution in [-0.4, -0.2) is 32.7 Å². The van der Waals surface area contributed by atoms with Crippen LogP contribution in [0, 0.1) is 5.92 Å². The summed E-state index contributed by atoms with van der Waals surface area (Å²) < 4.78 is 10.8. The molecule has 2 N–H and O–H groups in total. The molecule has 1 unspecified atom stereocenters. The van der Waals surface area contributed by atoms with Crippen LogP contribution < -0.4 is 20.1 Å². The van der Waals surface area contributed by atoms with E-state index in [1.165, 1.54) is 6.42 Å². The summed E-state index contributed by atoms with van der Waals surface area (Å²) in [4.78, 5) is 12.0. The van der Waals surface area contributed by atoms with Crippen molar-refractivity contribution in [1.29, 1.82) is 0 Å². The quantitative estimate of drug-likeness (QED) is 0.731. The molecule has 1 fully saturated rings. The number of hydrogen-bond donors (Lipinski definition) is 2. The monoisotopic (exact) mass is 376 g/mol. The third-order valence-corrected chi connectivity index (χ3v) is 4.29. The third kappa shape index (κ3) is 6.04. The fraction of sp³-hybridized carbons (Fsp3) is 0.588. The van der Waals surface area contributed by atoms with Crippen molar-refractivity contribution in [3.63, 3.8) is 0 Å². The second kappa shape index (κ2) is 10.6. The molecule has 0 bridgehead atoms. The summed E-state index contributed by atoms with van der Waals surface area (Å²) in [5.74, 6) is 1.82. The molecule has 1 aliphatic rings. The Balaban J connectivity index is 0.00000288. The summed E-state index contributed by atoms with van der Waals surface area (Å²) in [6.45, 7) is 4.94. The summed E-state index contributed by atoms with van der Waals surface area (Å²) in [5.41, 5.74) is 0.895. The van der Waals surface area contributed by atoms with Crippen LogP contribution in [0.1, 0.15) is 31.7 Å². The largest absolute Gasteiger partial charge is 0.493 e. The summed E-state index contributed by atoms with van der Waals surface area (Å²) >= 11 is 6.23. The first-order valence-corrected chi connectivity index (χ1v) is 8.48. The summed E-state index contributed by atoms with van der Waals surface area (Å²) in [5, 5.41) is 6.75. The molecule has 0 saturated carbocycles. The molecule has 1 amide bonds. The Morgan fingerprint density at radius 3 is 2.88 bits per heavy atom. The number of carbonyl (C=O) groups is 1. The predicted molar refractivity (Wildman–Crippen MR) is 98.5 cm³/mol. The second-order valence-corrected chi connectivity index (χ2v) is 6.12. The van der Waals surface area contributed by atoms with Gasteiger partial charge < -0.3 is 20.1 Å². The van der Waals surface area contributed by atoms with E-state index < -0.39 is 0 Å². The summed E-state index contributed by atoms with van der Waals surface area (Å²) in [7, 11) is 1.58. The van der Waals surface area contributed by atoms with E-state index in [0.717, 1.165) is 25.1 Å². The zero-order chi connectivity index (χ0) is 16.7. The topological polar surface area (TPSA) is 59.6 Å². The van der Waals surface area contributed by atoms with Gasteiger partial charge in [-0.1, -0.05) is 11.6 Å². The molecule has 1 aromatic rings. The second-order valence-electron chi connectivity index (χ2n) is 5.72. The summed E-state index contributed by atoms with van der Waals surface area (Å²) in [6.07, 6.45) is 2.67. The van der Waals surface area contributed by atoms with Gasteiger partial charge in [0.05, 0.1) is 18.7 Å². The number of halogens is 2. The lowest BCUT2D eigenvalue weighted by molar-refractivity contribution is -0.121. The molecule has 1 heterocycles. The SMILES string of the molecule is CCOc1c(Cl)cc(CNC(=O)CCC2CCNC2)cc1OC.Cl. The average molecular weight is 377 g/mol. The molecule has 1 aliphatic heterocycles. The highest BCUT2D eigenvalue weighted by atomic mass is 35.5. The third-order valence-electron chi connectivity index (χ3n) is 4.01. The van der Waals surface area contributed by atoms with E-state index in [9.17, 15) is 4.79 Å². The molecular weight excluding hydrogens is 351 g/mol. The zero-order valence-corrected chi connectivity index (χ0v) is 15.8. The predicted octanol–water partition coefficient (Wildman–Crippen LogP) is 3.18. The molecule has 5 nitrogen and oxygen atoms in total. The first-order chi connectivity index (χ1) is 11.1. The zero-order valence-electron chi connectivity index (χ0n) is 14.2. The maximum absolute atomic E-state index is 12.0. The Hall–Kier alpha value is -1.17. The molecule has 1 saturated heterocycles. The minimum absolute atomic E-state index is 0. The van der Waals surface area contributed by atoms with Gasteiger partial charge in [0.1, 0.15) is 0 Å². The number of carbonyl (C=O) groups excluding carboxylic acids is 1. The van der Waals surface area contributed by atoms with E-state index in [-0.39, 0.29) is 18.3 Å². The molecule has 2 rings (SSSR count). The van der Waals surface area contributed by atoms with Crippen LogP contribution in [0.15, 0.2) is 12.1 Å². The minimum atomic E-state index is 0. The average Bonchev–Trinajstić information content (AvgIpc) is 3.06. The number of hydrogen-bond acceptors (Lipinski definition) is 4. The molecule has 0 aromatic heterocycles. The molecule has 1 atom stereocenters. The Bertz CT molecular complexity index is 535. The first kappa shape index (κ1) is 20.9. The van der Waals surface area contributed by atoms with Crippen molar-refractivity contribution in [2.75, 3.05) is 26.8 Å². The van der Waals surface area contributed by atoms with Crippen molar-refractivity contribution in [2.45, 2.75) is 32.7 Å². The molecule has 0 radical (unpaired) electrons. The Morgan fingerprint density at radius 1 is 1.46 bits per heavy atom. The maximum Gasteiger partial charge on any atom is 0.220 e. The highest BCUT2D eigenvalue weighted by Gasteiger charge is 2.16. The van der Waals surface area contributed by atoms with Gasteiger partial charge >= 0.3 is 0 Å². The number of rotatable bonds is 8. The van der Waals surface area contributed by atoms with E-state index in [4.69, 9.17) is 21.1 Å². The number of benzene rings is 1. The Kier molecular flexibility index (Phi) is 9.26. The lowest BCUT2D eigenvalue weighted by Crippen LogP contribution is -2.23. The van der Waals surface area contributed by atoms with Crippen LogP contribution in [0.5, 0.6) is 11.5 Å². The van der Waals surface area contributed by atoms with Crippen LogP contribution in [0.4, 0.5) is 0 Å². The molecule has 0 aliphatic carbocycles. The molecule has 24 heavy (non-hydrogen) atoms. The standard InChI is InChI=1S/C17H25ClN2O3.ClH/c1-3-23-17-14(18)8-13(9-15(17)22-2)11-20-16(21)5-4-12-6-7-19-10-12;/h8-9,12,19H,3-7,10-11H2,1-2H3,(H,20,21);1H. The Morgan fingerprint density at radius 2 is 2.25 bits per heavy atom. The van der Waals surface area contributed by atoms with E-state index in [2.05, 4.69) is 10.6 Å². The maximum atomic E-state index is 12.0. The van der Waals surface area contributed by atoms with Gasteiger partial charge in [-0.05, 0) is 56.5 Å². The number of methoxy groups -OCH3 is 1. The van der Waals surface area contributed by atoms with Crippen LogP contribution >= 0.6 is 24.0 Å². The van der Waals surface area contributed by atoms with Gasteiger partial charge in [0.25, 0.3) is 0 Å². The van der Waals surface area contributed by atoms with Crippen molar-refractivity contribution in [3.05, 3.63) is 22.7 Å². The lowest BCUT2D eigenvalue weighted by atomic mass is 10.0. The normalized spacial score (nSPS) is 16.4. The van der Waals surface area contributed by atoms with Gasteiger partial charge in [0.2, 0.25) is 5.91 Å². The van der Waals surface area contributed by atoms with Crippen LogP contribution in [0.3, 0.4) is 0 Å². The van der Waals surface area contributed by atoms with E-state index in [1.54, 1.807) is 13.2 Å². The van der Waals surface area contributed by atoms with Crippen LogP contribution in [0.2, 0.25) is 5.02 Å². The molecular formula is C17H26Cl2N2O3. The highest BCUT2D eigenvalue weighted by Crippen LogP contribution is 2.36. The Labute approximate surface area is 154 Å². The van der Waals surface area contributed by atoms with Gasteiger partial charge in [-0.15, -0.1) is 12.4 Å². The van der Waals surface area contributed by atoms with Crippen molar-refractivity contribution >= 4 is 29.9 Å².